The van der Waals surface area contributed by atoms with Gasteiger partial charge in [0.25, 0.3) is 5.88 Å². The number of aliphatic hydroxyl groups is 2. The Morgan fingerprint density at radius 3 is 3.09 bits per heavy atom. The second-order valence-electron chi connectivity index (χ2n) is 1.96. The smallest absolute Gasteiger partial charge is 0.253 e. The van der Waals surface area contributed by atoms with Crippen LogP contribution in [0.25, 0.3) is 0 Å². The average molecular weight is 159 g/mol. The lowest BCUT2D eigenvalue weighted by Crippen LogP contribution is -2.21. The lowest BCUT2D eigenvalue weighted by molar-refractivity contribution is 0.0521. The third kappa shape index (κ3) is 2.52. The van der Waals surface area contributed by atoms with Crippen molar-refractivity contribution in [1.29, 1.82) is 0 Å². The first-order valence-corrected chi connectivity index (χ1v) is 3.10. The number of aromatic amines is 1. The standard InChI is InChI=1S/C5H9N3O3/c9-2-4(10)3-11-5-1-6-8-7-5/h1,4,9-10H,2-3H2,(H,6,7,8). The molecule has 1 aromatic rings. The Balaban J connectivity index is 2.23. The third-order valence-corrected chi connectivity index (χ3v) is 1.03. The zero-order chi connectivity index (χ0) is 8.10. The predicted molar refractivity (Wildman–Crippen MR) is 35.0 cm³/mol. The van der Waals surface area contributed by atoms with Crippen LogP contribution < -0.4 is 4.74 Å². The van der Waals surface area contributed by atoms with E-state index >= 15 is 0 Å². The van der Waals surface area contributed by atoms with Gasteiger partial charge >= 0.3 is 0 Å². The molecule has 0 fully saturated rings. The molecule has 0 spiro atoms. The Morgan fingerprint density at radius 1 is 1.73 bits per heavy atom. The van der Waals surface area contributed by atoms with Gasteiger partial charge in [0.2, 0.25) is 0 Å². The van der Waals surface area contributed by atoms with Gasteiger partial charge in [-0.25, -0.2) is 0 Å². The predicted octanol–water partition coefficient (Wildman–Crippen LogP) is -1.46. The highest BCUT2D eigenvalue weighted by atomic mass is 16.5. The summed E-state index contributed by atoms with van der Waals surface area (Å²) in [5.41, 5.74) is 0. The number of H-pyrrole nitrogens is 1. The molecule has 0 aromatic carbocycles. The minimum absolute atomic E-state index is 0.0169. The first-order valence-electron chi connectivity index (χ1n) is 3.10. The van der Waals surface area contributed by atoms with Crippen molar-refractivity contribution in [2.45, 2.75) is 6.10 Å². The van der Waals surface area contributed by atoms with E-state index in [0.29, 0.717) is 5.88 Å². The Morgan fingerprint density at radius 2 is 2.55 bits per heavy atom. The maximum absolute atomic E-state index is 8.82. The Bertz CT molecular complexity index is 189. The maximum atomic E-state index is 8.82. The molecule has 0 aliphatic heterocycles. The summed E-state index contributed by atoms with van der Waals surface area (Å²) in [5.74, 6) is 0.303. The number of ether oxygens (including phenoxy) is 1. The molecule has 3 N–H and O–H groups in total. The number of hydrogen-bond donors (Lipinski definition) is 3. The molecule has 6 nitrogen and oxygen atoms in total. The van der Waals surface area contributed by atoms with Gasteiger partial charge in [-0.1, -0.05) is 0 Å². The number of nitrogens with zero attached hydrogens (tertiary/aromatic N) is 2. The van der Waals surface area contributed by atoms with Gasteiger partial charge in [-0.15, -0.1) is 5.10 Å². The summed E-state index contributed by atoms with van der Waals surface area (Å²) in [7, 11) is 0. The minimum atomic E-state index is -0.869. The molecule has 1 unspecified atom stereocenters. The molecule has 0 aliphatic rings. The van der Waals surface area contributed by atoms with Gasteiger partial charge in [0.15, 0.2) is 0 Å². The Hall–Kier alpha value is -1.14. The Kier molecular flexibility index (Phi) is 2.82. The first-order chi connectivity index (χ1) is 5.33. The van der Waals surface area contributed by atoms with Crippen LogP contribution in [0.15, 0.2) is 6.20 Å². The van der Waals surface area contributed by atoms with E-state index in [-0.39, 0.29) is 13.2 Å². The van der Waals surface area contributed by atoms with Crippen LogP contribution in [-0.2, 0) is 0 Å². The molecule has 0 amide bonds. The molecule has 1 atom stereocenters. The van der Waals surface area contributed by atoms with Crippen LogP contribution in [0.5, 0.6) is 5.88 Å². The fourth-order valence-corrected chi connectivity index (χ4v) is 0.495. The molecular formula is C5H9N3O3. The summed E-state index contributed by atoms with van der Waals surface area (Å²) in [6.45, 7) is -0.305. The van der Waals surface area contributed by atoms with Crippen LogP contribution in [0.4, 0.5) is 0 Å². The fourth-order valence-electron chi connectivity index (χ4n) is 0.495. The van der Waals surface area contributed by atoms with Gasteiger partial charge < -0.3 is 14.9 Å². The molecule has 11 heavy (non-hydrogen) atoms. The van der Waals surface area contributed by atoms with Crippen molar-refractivity contribution in [3.05, 3.63) is 6.20 Å². The normalized spacial score (nSPS) is 12.9. The van der Waals surface area contributed by atoms with E-state index in [9.17, 15) is 0 Å². The number of hydrogen-bond acceptors (Lipinski definition) is 5. The zero-order valence-corrected chi connectivity index (χ0v) is 5.77. The summed E-state index contributed by atoms with van der Waals surface area (Å²) >= 11 is 0. The van der Waals surface area contributed by atoms with E-state index < -0.39 is 6.10 Å². The number of nitrogens with one attached hydrogen (secondary N) is 1. The van der Waals surface area contributed by atoms with Crippen molar-refractivity contribution in [1.82, 2.24) is 15.4 Å². The van der Waals surface area contributed by atoms with E-state index in [1.807, 2.05) is 0 Å². The van der Waals surface area contributed by atoms with E-state index in [4.69, 9.17) is 14.9 Å². The zero-order valence-electron chi connectivity index (χ0n) is 5.77. The van der Waals surface area contributed by atoms with E-state index in [1.54, 1.807) is 0 Å². The molecule has 0 bridgehead atoms. The van der Waals surface area contributed by atoms with E-state index in [2.05, 4.69) is 15.4 Å². The molecule has 6 heteroatoms. The maximum Gasteiger partial charge on any atom is 0.253 e. The van der Waals surface area contributed by atoms with Gasteiger partial charge in [0.05, 0.1) is 6.61 Å². The van der Waals surface area contributed by atoms with Crippen LogP contribution in [0, 0.1) is 0 Å². The van der Waals surface area contributed by atoms with Gasteiger partial charge in [-0.2, -0.15) is 10.3 Å². The SMILES string of the molecule is OCC(O)COc1cn[nH]n1. The molecule has 62 valence electrons. The molecule has 0 aliphatic carbocycles. The molecular weight excluding hydrogens is 150 g/mol. The molecule has 1 heterocycles. The second-order valence-corrected chi connectivity index (χ2v) is 1.96. The number of aliphatic hydroxyl groups excluding tert-OH is 2. The van der Waals surface area contributed by atoms with E-state index in [1.165, 1.54) is 6.20 Å². The topological polar surface area (TPSA) is 91.3 Å². The monoisotopic (exact) mass is 159 g/mol. The number of aromatic nitrogens is 3. The van der Waals surface area contributed by atoms with Crippen molar-refractivity contribution >= 4 is 0 Å². The van der Waals surface area contributed by atoms with Crippen LogP contribution in [-0.4, -0.2) is 44.9 Å². The largest absolute Gasteiger partial charge is 0.473 e. The Labute approximate surface area is 62.8 Å². The second kappa shape index (κ2) is 3.89. The minimum Gasteiger partial charge on any atom is -0.473 e. The molecule has 0 saturated carbocycles. The molecule has 1 rings (SSSR count). The molecule has 0 saturated heterocycles. The van der Waals surface area contributed by atoms with Gasteiger partial charge in [0, 0.05) is 0 Å². The van der Waals surface area contributed by atoms with Crippen LogP contribution in [0.2, 0.25) is 0 Å². The lowest BCUT2D eigenvalue weighted by Gasteiger charge is -2.05. The first kappa shape index (κ1) is 7.96. The fraction of sp³-hybridized carbons (Fsp3) is 0.600. The van der Waals surface area contributed by atoms with Gasteiger partial charge in [-0.05, 0) is 0 Å². The summed E-state index contributed by atoms with van der Waals surface area (Å²) < 4.78 is 4.88. The van der Waals surface area contributed by atoms with Crippen LogP contribution in [0.1, 0.15) is 0 Å². The third-order valence-electron chi connectivity index (χ3n) is 1.03. The van der Waals surface area contributed by atoms with Crippen LogP contribution in [0.3, 0.4) is 0 Å². The summed E-state index contributed by atoms with van der Waals surface area (Å²) in [5, 5.41) is 26.6. The molecule has 1 aromatic heterocycles. The molecule has 0 radical (unpaired) electrons. The number of rotatable bonds is 4. The summed E-state index contributed by atoms with van der Waals surface area (Å²) in [6.07, 6.45) is 0.510. The van der Waals surface area contributed by atoms with Crippen molar-refractivity contribution < 1.29 is 14.9 Å². The van der Waals surface area contributed by atoms with Crippen LogP contribution >= 0.6 is 0 Å². The summed E-state index contributed by atoms with van der Waals surface area (Å²) in [6, 6.07) is 0. The highest BCUT2D eigenvalue weighted by Crippen LogP contribution is 1.99. The van der Waals surface area contributed by atoms with Gasteiger partial charge in [0.1, 0.15) is 18.9 Å². The van der Waals surface area contributed by atoms with Crippen molar-refractivity contribution in [3.8, 4) is 5.88 Å². The van der Waals surface area contributed by atoms with E-state index in [0.717, 1.165) is 0 Å². The van der Waals surface area contributed by atoms with Crippen molar-refractivity contribution in [2.24, 2.45) is 0 Å². The summed E-state index contributed by atoms with van der Waals surface area (Å²) in [4.78, 5) is 0. The van der Waals surface area contributed by atoms with Crippen molar-refractivity contribution in [2.75, 3.05) is 13.2 Å². The van der Waals surface area contributed by atoms with Crippen molar-refractivity contribution in [3.63, 3.8) is 0 Å². The van der Waals surface area contributed by atoms with Gasteiger partial charge in [-0.3, -0.25) is 0 Å². The lowest BCUT2D eigenvalue weighted by atomic mass is 10.4. The average Bonchev–Trinajstić information content (AvgIpc) is 2.52. The highest BCUT2D eigenvalue weighted by Gasteiger charge is 2.03. The highest BCUT2D eigenvalue weighted by molar-refractivity contribution is 4.97. The quantitative estimate of drug-likeness (QED) is 0.499.